The number of aryl methyl sites for hydroxylation is 1. The highest BCUT2D eigenvalue weighted by Gasteiger charge is 2.14. The third-order valence-corrected chi connectivity index (χ3v) is 4.54. The molecular formula is C24H21N3O7. The molecule has 0 aliphatic carbocycles. The molecule has 174 valence electrons. The molecule has 3 rings (SSSR count). The van der Waals surface area contributed by atoms with E-state index in [1.54, 1.807) is 43.3 Å². The third-order valence-electron chi connectivity index (χ3n) is 4.54. The largest absolute Gasteiger partial charge is 0.457 e. The van der Waals surface area contributed by atoms with Gasteiger partial charge in [0.1, 0.15) is 18.0 Å². The molecule has 3 aromatic carbocycles. The number of anilines is 1. The molecule has 2 N–H and O–H groups in total. The van der Waals surface area contributed by atoms with E-state index in [-0.39, 0.29) is 11.4 Å². The normalized spacial score (nSPS) is 10.1. The van der Waals surface area contributed by atoms with E-state index in [4.69, 9.17) is 9.47 Å². The summed E-state index contributed by atoms with van der Waals surface area (Å²) in [4.78, 5) is 46.4. The zero-order valence-electron chi connectivity index (χ0n) is 18.1. The number of nitrogens with one attached hydrogen (secondary N) is 2. The lowest BCUT2D eigenvalue weighted by Gasteiger charge is -2.09. The first-order chi connectivity index (χ1) is 16.3. The molecule has 0 fully saturated rings. The van der Waals surface area contributed by atoms with Crippen LogP contribution in [0, 0.1) is 17.0 Å². The summed E-state index contributed by atoms with van der Waals surface area (Å²) in [7, 11) is 0. The zero-order chi connectivity index (χ0) is 24.5. The Kier molecular flexibility index (Phi) is 7.90. The first-order valence-corrected chi connectivity index (χ1v) is 10.1. The molecule has 10 heteroatoms. The number of rotatable bonds is 9. The van der Waals surface area contributed by atoms with Gasteiger partial charge in [-0.3, -0.25) is 24.5 Å². The average Bonchev–Trinajstić information content (AvgIpc) is 2.83. The molecule has 0 heterocycles. The molecule has 0 spiro atoms. The number of carbonyl (C=O) groups excluding carboxylic acids is 3. The number of hydrogen-bond donors (Lipinski definition) is 2. The fraction of sp³-hybridized carbons (Fsp3) is 0.125. The van der Waals surface area contributed by atoms with E-state index < -0.39 is 35.9 Å². The van der Waals surface area contributed by atoms with Crippen LogP contribution < -0.4 is 15.4 Å². The van der Waals surface area contributed by atoms with E-state index in [9.17, 15) is 24.5 Å². The maximum absolute atomic E-state index is 12.2. The average molecular weight is 463 g/mol. The second-order valence-electron chi connectivity index (χ2n) is 7.09. The summed E-state index contributed by atoms with van der Waals surface area (Å²) in [5, 5.41) is 15.8. The third kappa shape index (κ3) is 6.89. The molecule has 34 heavy (non-hydrogen) atoms. The maximum atomic E-state index is 12.2. The van der Waals surface area contributed by atoms with Crippen LogP contribution in [0.15, 0.2) is 72.8 Å². The van der Waals surface area contributed by atoms with Gasteiger partial charge in [-0.05, 0) is 49.4 Å². The molecule has 0 saturated carbocycles. The van der Waals surface area contributed by atoms with Crippen LogP contribution in [0.5, 0.6) is 11.5 Å². The lowest BCUT2D eigenvalue weighted by molar-refractivity contribution is -0.385. The molecule has 2 amide bonds. The van der Waals surface area contributed by atoms with Gasteiger partial charge in [-0.1, -0.05) is 24.3 Å². The predicted octanol–water partition coefficient (Wildman–Crippen LogP) is 3.61. The Morgan fingerprint density at radius 3 is 2.29 bits per heavy atom. The van der Waals surface area contributed by atoms with Crippen LogP contribution in [0.3, 0.4) is 0 Å². The lowest BCUT2D eigenvalue weighted by Crippen LogP contribution is -2.32. The number of hydrogen-bond acceptors (Lipinski definition) is 7. The Labute approximate surface area is 194 Å². The summed E-state index contributed by atoms with van der Waals surface area (Å²) in [6, 6.07) is 19.7. The number of amides is 2. The number of nitrogens with zero attached hydrogens (tertiary/aromatic N) is 1. The van der Waals surface area contributed by atoms with Crippen LogP contribution in [0.1, 0.15) is 15.9 Å². The summed E-state index contributed by atoms with van der Waals surface area (Å²) in [5.41, 5.74) is 0.818. The number of nitro groups is 1. The van der Waals surface area contributed by atoms with E-state index in [1.165, 1.54) is 18.2 Å². The maximum Gasteiger partial charge on any atom is 0.325 e. The number of ether oxygens (including phenoxy) is 2. The van der Waals surface area contributed by atoms with Crippen LogP contribution in [0.2, 0.25) is 0 Å². The standard InChI is InChI=1S/C24H21N3O7/c1-16-7-10-18(13-21(16)27(31)32)26-22(28)15-33-23(29)14-25-24(30)17-8-11-20(12-9-17)34-19-5-3-2-4-6-19/h2-13H,14-15H2,1H3,(H,25,30)(H,26,28). The highest BCUT2D eigenvalue weighted by molar-refractivity contribution is 5.96. The summed E-state index contributed by atoms with van der Waals surface area (Å²) >= 11 is 0. The summed E-state index contributed by atoms with van der Waals surface area (Å²) < 4.78 is 10.5. The second kappa shape index (κ2) is 11.2. The minimum atomic E-state index is -0.817. The number of para-hydroxylation sites is 1. The van der Waals surface area contributed by atoms with Crippen molar-refractivity contribution in [1.29, 1.82) is 0 Å². The van der Waals surface area contributed by atoms with E-state index >= 15 is 0 Å². The summed E-state index contributed by atoms with van der Waals surface area (Å²) in [6.07, 6.45) is 0. The van der Waals surface area contributed by atoms with Gasteiger partial charge >= 0.3 is 5.97 Å². The van der Waals surface area contributed by atoms with Crippen LogP contribution >= 0.6 is 0 Å². The molecule has 0 saturated heterocycles. The van der Waals surface area contributed by atoms with Crippen LogP contribution in [0.25, 0.3) is 0 Å². The van der Waals surface area contributed by atoms with Crippen molar-refractivity contribution < 1.29 is 28.8 Å². The molecule has 0 radical (unpaired) electrons. The molecule has 3 aromatic rings. The van der Waals surface area contributed by atoms with Gasteiger partial charge < -0.3 is 20.1 Å². The van der Waals surface area contributed by atoms with E-state index in [0.29, 0.717) is 22.6 Å². The first kappa shape index (κ1) is 23.9. The smallest absolute Gasteiger partial charge is 0.325 e. The zero-order valence-corrected chi connectivity index (χ0v) is 18.1. The van der Waals surface area contributed by atoms with Crippen molar-refractivity contribution in [3.8, 4) is 11.5 Å². The molecule has 0 aliphatic heterocycles. The van der Waals surface area contributed by atoms with Crippen LogP contribution in [0.4, 0.5) is 11.4 Å². The minimum Gasteiger partial charge on any atom is -0.457 e. The van der Waals surface area contributed by atoms with Crippen molar-refractivity contribution in [3.05, 3.63) is 94.0 Å². The Hall–Kier alpha value is -4.73. The SMILES string of the molecule is Cc1ccc(NC(=O)COC(=O)CNC(=O)c2ccc(Oc3ccccc3)cc2)cc1[N+](=O)[O-]. The van der Waals surface area contributed by atoms with Gasteiger partial charge in [-0.25, -0.2) is 0 Å². The number of carbonyl (C=O) groups is 3. The molecule has 0 atom stereocenters. The quantitative estimate of drug-likeness (QED) is 0.281. The molecule has 0 bridgehead atoms. The Morgan fingerprint density at radius 1 is 0.941 bits per heavy atom. The molecule has 10 nitrogen and oxygen atoms in total. The van der Waals surface area contributed by atoms with Gasteiger partial charge in [0, 0.05) is 22.9 Å². The van der Waals surface area contributed by atoms with Gasteiger partial charge in [0.2, 0.25) is 0 Å². The summed E-state index contributed by atoms with van der Waals surface area (Å²) in [6.45, 7) is 0.527. The molecule has 0 aromatic heterocycles. The second-order valence-corrected chi connectivity index (χ2v) is 7.09. The van der Waals surface area contributed by atoms with Crippen molar-refractivity contribution in [2.24, 2.45) is 0 Å². The Balaban J connectivity index is 1.42. The number of nitro benzene ring substituents is 1. The summed E-state index contributed by atoms with van der Waals surface area (Å²) in [5.74, 6) is -0.784. The number of benzene rings is 3. The van der Waals surface area contributed by atoms with Crippen molar-refractivity contribution in [3.63, 3.8) is 0 Å². The van der Waals surface area contributed by atoms with E-state index in [2.05, 4.69) is 10.6 Å². The fourth-order valence-electron chi connectivity index (χ4n) is 2.83. The van der Waals surface area contributed by atoms with Gasteiger partial charge in [0.05, 0.1) is 4.92 Å². The lowest BCUT2D eigenvalue weighted by atomic mass is 10.2. The minimum absolute atomic E-state index is 0.142. The predicted molar refractivity (Wildman–Crippen MR) is 123 cm³/mol. The van der Waals surface area contributed by atoms with E-state index in [1.807, 2.05) is 18.2 Å². The molecule has 0 unspecified atom stereocenters. The van der Waals surface area contributed by atoms with Crippen molar-refractivity contribution in [2.75, 3.05) is 18.5 Å². The van der Waals surface area contributed by atoms with Gasteiger partial charge in [-0.2, -0.15) is 0 Å². The van der Waals surface area contributed by atoms with Gasteiger partial charge in [0.15, 0.2) is 6.61 Å². The van der Waals surface area contributed by atoms with Crippen molar-refractivity contribution >= 4 is 29.2 Å². The van der Waals surface area contributed by atoms with Crippen molar-refractivity contribution in [2.45, 2.75) is 6.92 Å². The van der Waals surface area contributed by atoms with Crippen molar-refractivity contribution in [1.82, 2.24) is 5.32 Å². The van der Waals surface area contributed by atoms with Gasteiger partial charge in [0.25, 0.3) is 17.5 Å². The Bertz CT molecular complexity index is 1190. The fourth-order valence-corrected chi connectivity index (χ4v) is 2.83. The highest BCUT2D eigenvalue weighted by Crippen LogP contribution is 2.22. The van der Waals surface area contributed by atoms with Gasteiger partial charge in [-0.15, -0.1) is 0 Å². The molecular weight excluding hydrogens is 442 g/mol. The molecule has 0 aliphatic rings. The van der Waals surface area contributed by atoms with Crippen LogP contribution in [-0.2, 0) is 14.3 Å². The first-order valence-electron chi connectivity index (χ1n) is 10.1. The topological polar surface area (TPSA) is 137 Å². The van der Waals surface area contributed by atoms with Crippen LogP contribution in [-0.4, -0.2) is 35.9 Å². The highest BCUT2D eigenvalue weighted by atomic mass is 16.6. The number of esters is 1. The Morgan fingerprint density at radius 2 is 1.62 bits per heavy atom. The van der Waals surface area contributed by atoms with E-state index in [0.717, 1.165) is 0 Å². The monoisotopic (exact) mass is 463 g/mol.